The van der Waals surface area contributed by atoms with E-state index in [0.717, 1.165) is 0 Å². The fraction of sp³-hybridized carbons (Fsp3) is 0.238. The topological polar surface area (TPSA) is 85.7 Å². The Kier molecular flexibility index (Phi) is 7.08. The smallest absolute Gasteiger partial charge is 0.452 e. The van der Waals surface area contributed by atoms with E-state index in [4.69, 9.17) is 9.57 Å². The Hall–Kier alpha value is -3.47. The summed E-state index contributed by atoms with van der Waals surface area (Å²) in [6.07, 6.45) is -4.58. The standard InChI is InChI=1S/C21H19F3N4O3S/c1-12-10-13(19-26-20(28-32-19)21(22,23)24)8-9-16(12)31-11-14-6-4-5-7-15(14)17(27-30-3)18(29)25-2/h4-10H,11H2,1-3H3,(H,25,29). The molecule has 0 aliphatic heterocycles. The summed E-state index contributed by atoms with van der Waals surface area (Å²) < 4.78 is 47.5. The van der Waals surface area contributed by atoms with Gasteiger partial charge in [-0.15, -0.1) is 0 Å². The molecule has 32 heavy (non-hydrogen) atoms. The maximum atomic E-state index is 12.8. The van der Waals surface area contributed by atoms with Gasteiger partial charge in [0, 0.05) is 18.2 Å². The summed E-state index contributed by atoms with van der Waals surface area (Å²) >= 11 is 0.684. The number of hydrogen-bond acceptors (Lipinski definition) is 7. The zero-order chi connectivity index (χ0) is 23.3. The summed E-state index contributed by atoms with van der Waals surface area (Å²) in [7, 11) is 2.84. The highest BCUT2D eigenvalue weighted by atomic mass is 32.1. The number of ether oxygens (including phenoxy) is 1. The summed E-state index contributed by atoms with van der Waals surface area (Å²) in [5.74, 6) is -1.03. The van der Waals surface area contributed by atoms with Crippen molar-refractivity contribution < 1.29 is 27.5 Å². The number of carbonyl (C=O) groups is 1. The molecule has 0 radical (unpaired) electrons. The number of alkyl halides is 3. The van der Waals surface area contributed by atoms with E-state index < -0.39 is 17.9 Å². The second kappa shape index (κ2) is 9.77. The van der Waals surface area contributed by atoms with Crippen LogP contribution < -0.4 is 10.1 Å². The van der Waals surface area contributed by atoms with Crippen molar-refractivity contribution in [1.82, 2.24) is 14.7 Å². The molecular weight excluding hydrogens is 445 g/mol. The fourth-order valence-electron chi connectivity index (χ4n) is 2.86. The van der Waals surface area contributed by atoms with Crippen LogP contribution in [0.2, 0.25) is 0 Å². The molecule has 3 rings (SSSR count). The molecule has 168 valence electrons. The fourth-order valence-corrected chi connectivity index (χ4v) is 3.53. The van der Waals surface area contributed by atoms with Crippen LogP contribution in [0.25, 0.3) is 10.6 Å². The van der Waals surface area contributed by atoms with Crippen LogP contribution in [-0.2, 0) is 22.4 Å². The number of amides is 1. The molecule has 0 fully saturated rings. The summed E-state index contributed by atoms with van der Waals surface area (Å²) in [5.41, 5.74) is 2.59. The first-order chi connectivity index (χ1) is 15.2. The van der Waals surface area contributed by atoms with Crippen LogP contribution in [0.4, 0.5) is 13.2 Å². The highest BCUT2D eigenvalue weighted by Crippen LogP contribution is 2.32. The SMILES string of the molecule is CNC(=O)C(=NOC)c1ccccc1COc1ccc(-c2nc(C(F)(F)F)ns2)cc1C. The largest absolute Gasteiger partial charge is 0.489 e. The predicted octanol–water partition coefficient (Wildman–Crippen LogP) is 4.21. The third-order valence-corrected chi connectivity index (χ3v) is 5.15. The lowest BCUT2D eigenvalue weighted by Gasteiger charge is -2.13. The summed E-state index contributed by atoms with van der Waals surface area (Å²) in [5, 5.41) is 6.51. The molecule has 0 aliphatic rings. The van der Waals surface area contributed by atoms with Crippen LogP contribution >= 0.6 is 11.5 Å². The van der Waals surface area contributed by atoms with E-state index in [1.54, 1.807) is 49.4 Å². The zero-order valence-corrected chi connectivity index (χ0v) is 18.2. The van der Waals surface area contributed by atoms with Crippen LogP contribution in [0.15, 0.2) is 47.6 Å². The van der Waals surface area contributed by atoms with Gasteiger partial charge >= 0.3 is 6.18 Å². The molecule has 0 aliphatic carbocycles. The Balaban J connectivity index is 1.81. The van der Waals surface area contributed by atoms with Gasteiger partial charge in [-0.25, -0.2) is 4.98 Å². The molecule has 11 heteroatoms. The van der Waals surface area contributed by atoms with Crippen molar-refractivity contribution in [3.63, 3.8) is 0 Å². The van der Waals surface area contributed by atoms with Crippen molar-refractivity contribution in [2.24, 2.45) is 5.16 Å². The maximum absolute atomic E-state index is 12.8. The highest BCUT2D eigenvalue weighted by molar-refractivity contribution is 7.09. The first-order valence-corrected chi connectivity index (χ1v) is 10.1. The number of nitrogens with zero attached hydrogens (tertiary/aromatic N) is 3. The molecule has 3 aromatic rings. The molecule has 0 saturated heterocycles. The van der Waals surface area contributed by atoms with E-state index in [2.05, 4.69) is 19.8 Å². The monoisotopic (exact) mass is 464 g/mol. The van der Waals surface area contributed by atoms with Crippen LogP contribution in [0.1, 0.15) is 22.5 Å². The molecule has 1 heterocycles. The lowest BCUT2D eigenvalue weighted by Crippen LogP contribution is -2.29. The number of halogens is 3. The van der Waals surface area contributed by atoms with Crippen LogP contribution in [-0.4, -0.2) is 35.1 Å². The normalized spacial score (nSPS) is 11.9. The van der Waals surface area contributed by atoms with Gasteiger partial charge in [0.05, 0.1) is 0 Å². The third kappa shape index (κ3) is 5.22. The first kappa shape index (κ1) is 23.2. The van der Waals surface area contributed by atoms with Crippen LogP contribution in [0, 0.1) is 6.92 Å². The summed E-state index contributed by atoms with van der Waals surface area (Å²) in [4.78, 5) is 20.5. The van der Waals surface area contributed by atoms with Crippen molar-refractivity contribution in [1.29, 1.82) is 0 Å². The Labute approximate surface area is 186 Å². The Morgan fingerprint density at radius 2 is 1.97 bits per heavy atom. The van der Waals surface area contributed by atoms with Gasteiger partial charge in [0.1, 0.15) is 24.5 Å². The van der Waals surface area contributed by atoms with E-state index in [-0.39, 0.29) is 17.3 Å². The third-order valence-electron chi connectivity index (χ3n) is 4.38. The minimum Gasteiger partial charge on any atom is -0.489 e. The average molecular weight is 464 g/mol. The van der Waals surface area contributed by atoms with Crippen molar-refractivity contribution in [2.75, 3.05) is 14.2 Å². The molecule has 0 atom stereocenters. The van der Waals surface area contributed by atoms with Gasteiger partial charge in [0.15, 0.2) is 5.71 Å². The molecule has 1 N–H and O–H groups in total. The van der Waals surface area contributed by atoms with Crippen LogP contribution in [0.3, 0.4) is 0 Å². The summed E-state index contributed by atoms with van der Waals surface area (Å²) in [6.45, 7) is 1.91. The number of rotatable bonds is 7. The highest BCUT2D eigenvalue weighted by Gasteiger charge is 2.36. The lowest BCUT2D eigenvalue weighted by atomic mass is 10.0. The van der Waals surface area contributed by atoms with Crippen LogP contribution in [0.5, 0.6) is 5.75 Å². The van der Waals surface area contributed by atoms with Gasteiger partial charge in [0.25, 0.3) is 5.91 Å². The number of aromatic nitrogens is 2. The van der Waals surface area contributed by atoms with Crippen molar-refractivity contribution >= 4 is 23.2 Å². The number of likely N-dealkylation sites (N-methyl/N-ethyl adjacent to an activating group) is 1. The number of nitrogens with one attached hydrogen (secondary N) is 1. The van der Waals surface area contributed by atoms with Gasteiger partial charge in [0.2, 0.25) is 5.82 Å². The van der Waals surface area contributed by atoms with Crippen molar-refractivity contribution in [3.05, 3.63) is 65.0 Å². The van der Waals surface area contributed by atoms with Gasteiger partial charge in [-0.05, 0) is 47.8 Å². The second-order valence-electron chi connectivity index (χ2n) is 6.55. The quantitative estimate of drug-likeness (QED) is 0.418. The molecule has 7 nitrogen and oxygen atoms in total. The molecule has 0 bridgehead atoms. The number of aryl methyl sites for hydroxylation is 1. The van der Waals surface area contributed by atoms with Gasteiger partial charge in [-0.3, -0.25) is 4.79 Å². The van der Waals surface area contributed by atoms with Gasteiger partial charge in [-0.2, -0.15) is 17.5 Å². The Morgan fingerprint density at radius 1 is 1.22 bits per heavy atom. The average Bonchev–Trinajstić information content (AvgIpc) is 3.27. The van der Waals surface area contributed by atoms with E-state index in [0.29, 0.717) is 39.5 Å². The lowest BCUT2D eigenvalue weighted by molar-refractivity contribution is -0.144. The van der Waals surface area contributed by atoms with E-state index in [1.165, 1.54) is 14.2 Å². The van der Waals surface area contributed by atoms with Gasteiger partial charge < -0.3 is 14.9 Å². The molecule has 2 aromatic carbocycles. The minimum atomic E-state index is -4.58. The number of carbonyl (C=O) groups excluding carboxylic acids is 1. The Bertz CT molecular complexity index is 1150. The van der Waals surface area contributed by atoms with Crippen molar-refractivity contribution in [3.8, 4) is 16.3 Å². The maximum Gasteiger partial charge on any atom is 0.452 e. The molecule has 0 unspecified atom stereocenters. The second-order valence-corrected chi connectivity index (χ2v) is 7.30. The number of hydrogen-bond donors (Lipinski definition) is 1. The summed E-state index contributed by atoms with van der Waals surface area (Å²) in [6, 6.07) is 12.1. The Morgan fingerprint density at radius 3 is 2.59 bits per heavy atom. The predicted molar refractivity (Wildman–Crippen MR) is 113 cm³/mol. The minimum absolute atomic E-state index is 0.109. The molecular formula is C21H19F3N4O3S. The number of oxime groups is 1. The van der Waals surface area contributed by atoms with E-state index >= 15 is 0 Å². The van der Waals surface area contributed by atoms with E-state index in [9.17, 15) is 18.0 Å². The zero-order valence-electron chi connectivity index (χ0n) is 17.4. The molecule has 0 saturated carbocycles. The first-order valence-electron chi connectivity index (χ1n) is 9.30. The van der Waals surface area contributed by atoms with Gasteiger partial charge in [-0.1, -0.05) is 29.4 Å². The molecule has 1 aromatic heterocycles. The molecule has 1 amide bonds. The number of benzene rings is 2. The molecule has 0 spiro atoms. The van der Waals surface area contributed by atoms with E-state index in [1.807, 2.05) is 0 Å². The van der Waals surface area contributed by atoms with Crippen molar-refractivity contribution in [2.45, 2.75) is 19.7 Å².